The summed E-state index contributed by atoms with van der Waals surface area (Å²) in [6.07, 6.45) is 10.4. The maximum atomic E-state index is 13.3. The van der Waals surface area contributed by atoms with Crippen molar-refractivity contribution in [3.8, 4) is 0 Å². The van der Waals surface area contributed by atoms with Crippen LogP contribution in [0.25, 0.3) is 0 Å². The number of amides is 2. The average molecular weight is 347 g/mol. The zero-order valence-electron chi connectivity index (χ0n) is 16.7. The van der Waals surface area contributed by atoms with Crippen LogP contribution in [0.4, 0.5) is 10.5 Å². The molecule has 142 valence electrons. The first-order valence-electron chi connectivity index (χ1n) is 10.4. The van der Waals surface area contributed by atoms with Crippen molar-refractivity contribution in [1.82, 2.24) is 4.90 Å². The van der Waals surface area contributed by atoms with Crippen LogP contribution >= 0.6 is 0 Å². The standard InChI is InChI=1S/C22H38N2O/c1-4-7-13-18-23(19-14-8-5-2)22(25)24(20-15-9-6-3)21-16-11-10-12-17-21/h10-12,16-17H,4-9,13-15,18-20H2,1-3H3. The lowest BCUT2D eigenvalue weighted by atomic mass is 10.2. The average Bonchev–Trinajstić information content (AvgIpc) is 2.64. The number of unbranched alkanes of at least 4 members (excludes halogenated alkanes) is 6. The van der Waals surface area contributed by atoms with E-state index in [4.69, 9.17) is 0 Å². The molecule has 2 amide bonds. The van der Waals surface area contributed by atoms with Crippen molar-refractivity contribution in [2.45, 2.75) is 78.6 Å². The van der Waals surface area contributed by atoms with E-state index in [2.05, 4.69) is 37.8 Å². The van der Waals surface area contributed by atoms with Crippen LogP contribution in [0.5, 0.6) is 0 Å². The SMILES string of the molecule is CCCCCN(CCCCC)C(=O)N(CCCCC)c1ccccc1. The molecule has 0 aliphatic carbocycles. The van der Waals surface area contributed by atoms with Crippen LogP contribution in [-0.2, 0) is 0 Å². The number of rotatable bonds is 13. The minimum absolute atomic E-state index is 0.189. The molecule has 0 radical (unpaired) electrons. The van der Waals surface area contributed by atoms with E-state index < -0.39 is 0 Å². The van der Waals surface area contributed by atoms with Crippen molar-refractivity contribution in [2.24, 2.45) is 0 Å². The van der Waals surface area contributed by atoms with Gasteiger partial charge < -0.3 is 4.90 Å². The molecule has 0 saturated heterocycles. The van der Waals surface area contributed by atoms with Crippen molar-refractivity contribution in [3.05, 3.63) is 30.3 Å². The first-order valence-corrected chi connectivity index (χ1v) is 10.4. The van der Waals surface area contributed by atoms with Crippen molar-refractivity contribution >= 4 is 11.7 Å². The third kappa shape index (κ3) is 8.42. The number of carbonyl (C=O) groups is 1. The molecular weight excluding hydrogens is 308 g/mol. The molecule has 3 heteroatoms. The van der Waals surface area contributed by atoms with Crippen LogP contribution in [0.3, 0.4) is 0 Å². The Morgan fingerprint density at radius 2 is 1.20 bits per heavy atom. The molecule has 0 aliphatic rings. The number of nitrogens with zero attached hydrogens (tertiary/aromatic N) is 2. The van der Waals surface area contributed by atoms with Gasteiger partial charge in [0.05, 0.1) is 0 Å². The van der Waals surface area contributed by atoms with Gasteiger partial charge in [-0.1, -0.05) is 77.5 Å². The Morgan fingerprint density at radius 1 is 0.720 bits per heavy atom. The third-order valence-corrected chi connectivity index (χ3v) is 4.62. The van der Waals surface area contributed by atoms with Crippen molar-refractivity contribution in [2.75, 3.05) is 24.5 Å². The zero-order chi connectivity index (χ0) is 18.3. The summed E-state index contributed by atoms with van der Waals surface area (Å²) in [7, 11) is 0. The predicted octanol–water partition coefficient (Wildman–Crippen LogP) is 6.49. The summed E-state index contributed by atoms with van der Waals surface area (Å²) in [6.45, 7) is 9.21. The summed E-state index contributed by atoms with van der Waals surface area (Å²) in [4.78, 5) is 17.4. The molecule has 0 aromatic heterocycles. The van der Waals surface area contributed by atoms with E-state index in [1.807, 2.05) is 23.1 Å². The van der Waals surface area contributed by atoms with Gasteiger partial charge in [-0.05, 0) is 31.4 Å². The molecule has 0 bridgehead atoms. The molecule has 0 atom stereocenters. The predicted molar refractivity (Wildman–Crippen MR) is 109 cm³/mol. The zero-order valence-corrected chi connectivity index (χ0v) is 16.7. The number of hydrogen-bond donors (Lipinski definition) is 0. The van der Waals surface area contributed by atoms with Gasteiger partial charge in [-0.15, -0.1) is 0 Å². The molecule has 25 heavy (non-hydrogen) atoms. The topological polar surface area (TPSA) is 23.6 Å². The van der Waals surface area contributed by atoms with Gasteiger partial charge in [-0.2, -0.15) is 0 Å². The van der Waals surface area contributed by atoms with Gasteiger partial charge in [0.2, 0.25) is 0 Å². The lowest BCUT2D eigenvalue weighted by molar-refractivity contribution is 0.202. The van der Waals surface area contributed by atoms with Gasteiger partial charge >= 0.3 is 6.03 Å². The van der Waals surface area contributed by atoms with Crippen LogP contribution in [0, 0.1) is 0 Å². The van der Waals surface area contributed by atoms with E-state index in [1.165, 1.54) is 38.5 Å². The highest BCUT2D eigenvalue weighted by Gasteiger charge is 2.21. The van der Waals surface area contributed by atoms with Crippen LogP contribution < -0.4 is 4.90 Å². The van der Waals surface area contributed by atoms with Gasteiger partial charge in [-0.3, -0.25) is 4.90 Å². The van der Waals surface area contributed by atoms with Crippen LogP contribution in [0.1, 0.15) is 78.6 Å². The summed E-state index contributed by atoms with van der Waals surface area (Å²) >= 11 is 0. The number of benzene rings is 1. The molecule has 0 heterocycles. The second kappa shape index (κ2) is 13.7. The first kappa shape index (κ1) is 21.5. The normalized spacial score (nSPS) is 10.7. The second-order valence-corrected chi connectivity index (χ2v) is 6.88. The van der Waals surface area contributed by atoms with E-state index in [0.29, 0.717) is 0 Å². The molecule has 0 aliphatic heterocycles. The second-order valence-electron chi connectivity index (χ2n) is 6.88. The number of anilines is 1. The minimum atomic E-state index is 0.189. The van der Waals surface area contributed by atoms with Crippen LogP contribution in [0.15, 0.2) is 30.3 Å². The molecule has 0 fully saturated rings. The van der Waals surface area contributed by atoms with E-state index in [1.54, 1.807) is 0 Å². The number of carbonyl (C=O) groups excluding carboxylic acids is 1. The first-order chi connectivity index (χ1) is 12.2. The molecule has 0 N–H and O–H groups in total. The van der Waals surface area contributed by atoms with E-state index in [-0.39, 0.29) is 6.03 Å². The fourth-order valence-corrected chi connectivity index (χ4v) is 3.04. The number of urea groups is 1. The Morgan fingerprint density at radius 3 is 1.68 bits per heavy atom. The smallest absolute Gasteiger partial charge is 0.324 e. The molecular formula is C22H38N2O. The fraction of sp³-hybridized carbons (Fsp3) is 0.682. The van der Waals surface area contributed by atoms with E-state index in [9.17, 15) is 4.79 Å². The quantitative estimate of drug-likeness (QED) is 0.375. The highest BCUT2D eigenvalue weighted by molar-refractivity contribution is 5.92. The van der Waals surface area contributed by atoms with Crippen LogP contribution in [0.2, 0.25) is 0 Å². The molecule has 1 rings (SSSR count). The Bertz CT molecular complexity index is 437. The van der Waals surface area contributed by atoms with E-state index >= 15 is 0 Å². The van der Waals surface area contributed by atoms with Gasteiger partial charge in [0.25, 0.3) is 0 Å². The Balaban J connectivity index is 2.82. The highest BCUT2D eigenvalue weighted by Crippen LogP contribution is 2.18. The third-order valence-electron chi connectivity index (χ3n) is 4.62. The van der Waals surface area contributed by atoms with Crippen molar-refractivity contribution in [3.63, 3.8) is 0 Å². The van der Waals surface area contributed by atoms with E-state index in [0.717, 1.165) is 44.6 Å². The Kier molecular flexibility index (Phi) is 11.8. The van der Waals surface area contributed by atoms with Gasteiger partial charge in [0, 0.05) is 25.3 Å². The summed E-state index contributed by atoms with van der Waals surface area (Å²) in [5.41, 5.74) is 1.03. The van der Waals surface area contributed by atoms with Gasteiger partial charge in [0.15, 0.2) is 0 Å². The Labute approximate surface area is 155 Å². The molecule has 0 saturated carbocycles. The summed E-state index contributed by atoms with van der Waals surface area (Å²) in [6, 6.07) is 10.4. The lowest BCUT2D eigenvalue weighted by Gasteiger charge is -2.31. The van der Waals surface area contributed by atoms with Gasteiger partial charge in [0.1, 0.15) is 0 Å². The highest BCUT2D eigenvalue weighted by atomic mass is 16.2. The number of para-hydroxylation sites is 1. The van der Waals surface area contributed by atoms with Crippen molar-refractivity contribution in [1.29, 1.82) is 0 Å². The molecule has 0 spiro atoms. The number of hydrogen-bond acceptors (Lipinski definition) is 1. The Hall–Kier alpha value is -1.51. The maximum Gasteiger partial charge on any atom is 0.324 e. The molecule has 0 unspecified atom stereocenters. The fourth-order valence-electron chi connectivity index (χ4n) is 3.04. The molecule has 3 nitrogen and oxygen atoms in total. The largest absolute Gasteiger partial charge is 0.324 e. The van der Waals surface area contributed by atoms with Gasteiger partial charge in [-0.25, -0.2) is 4.79 Å². The minimum Gasteiger partial charge on any atom is -0.324 e. The molecule has 1 aromatic rings. The molecule has 1 aromatic carbocycles. The monoisotopic (exact) mass is 346 g/mol. The summed E-state index contributed by atoms with van der Waals surface area (Å²) in [5.74, 6) is 0. The summed E-state index contributed by atoms with van der Waals surface area (Å²) in [5, 5.41) is 0. The van der Waals surface area contributed by atoms with Crippen molar-refractivity contribution < 1.29 is 4.79 Å². The summed E-state index contributed by atoms with van der Waals surface area (Å²) < 4.78 is 0. The van der Waals surface area contributed by atoms with Crippen LogP contribution in [-0.4, -0.2) is 30.6 Å². The maximum absolute atomic E-state index is 13.3. The lowest BCUT2D eigenvalue weighted by Crippen LogP contribution is -2.44.